The molecule has 1 rings (SSSR count). The Labute approximate surface area is 117 Å². The van der Waals surface area contributed by atoms with E-state index in [9.17, 15) is 14.4 Å². The number of carbonyl (C=O) groups excluding carboxylic acids is 2. The minimum absolute atomic E-state index is 0.0305. The first-order valence-electron chi connectivity index (χ1n) is 6.09. The quantitative estimate of drug-likeness (QED) is 0.802. The summed E-state index contributed by atoms with van der Waals surface area (Å²) in [6.45, 7) is 5.75. The topological polar surface area (TPSA) is 77.9 Å². The SMILES string of the molecule is CC(C)(C)N(CCC(=O)O)C(=O)CN1CSCC1=O. The molecule has 0 spiro atoms. The first kappa shape index (κ1) is 15.8. The monoisotopic (exact) mass is 288 g/mol. The van der Waals surface area contributed by atoms with Gasteiger partial charge in [-0.2, -0.15) is 0 Å². The van der Waals surface area contributed by atoms with Crippen molar-refractivity contribution in [2.45, 2.75) is 32.7 Å². The van der Waals surface area contributed by atoms with Crippen LogP contribution in [-0.2, 0) is 14.4 Å². The van der Waals surface area contributed by atoms with Crippen molar-refractivity contribution in [3.63, 3.8) is 0 Å². The van der Waals surface area contributed by atoms with Gasteiger partial charge in [0.25, 0.3) is 0 Å². The van der Waals surface area contributed by atoms with Gasteiger partial charge in [0.1, 0.15) is 6.54 Å². The molecule has 7 heteroatoms. The molecule has 1 N–H and O–H groups in total. The number of carboxylic acids is 1. The second-order valence-electron chi connectivity index (χ2n) is 5.43. The molecule has 0 radical (unpaired) electrons. The Hall–Kier alpha value is -1.24. The van der Waals surface area contributed by atoms with Gasteiger partial charge in [0, 0.05) is 12.1 Å². The number of hydrogen-bond acceptors (Lipinski definition) is 4. The van der Waals surface area contributed by atoms with Crippen LogP contribution in [0.1, 0.15) is 27.2 Å². The molecule has 1 heterocycles. The Bertz CT molecular complexity index is 378. The number of nitrogens with zero attached hydrogens (tertiary/aromatic N) is 2. The predicted molar refractivity (Wildman–Crippen MR) is 72.8 cm³/mol. The minimum Gasteiger partial charge on any atom is -0.481 e. The normalized spacial score (nSPS) is 15.7. The molecule has 0 aromatic rings. The van der Waals surface area contributed by atoms with Crippen LogP contribution in [-0.4, -0.2) is 62.9 Å². The van der Waals surface area contributed by atoms with E-state index in [1.807, 2.05) is 20.8 Å². The molecule has 0 aromatic carbocycles. The Balaban J connectivity index is 2.65. The van der Waals surface area contributed by atoms with Crippen LogP contribution in [0.15, 0.2) is 0 Å². The van der Waals surface area contributed by atoms with E-state index in [2.05, 4.69) is 0 Å². The average molecular weight is 288 g/mol. The lowest BCUT2D eigenvalue weighted by molar-refractivity contribution is -0.143. The summed E-state index contributed by atoms with van der Waals surface area (Å²) in [6.07, 6.45) is -0.0916. The van der Waals surface area contributed by atoms with E-state index in [1.165, 1.54) is 21.6 Å². The van der Waals surface area contributed by atoms with Crippen LogP contribution in [0, 0.1) is 0 Å². The van der Waals surface area contributed by atoms with Crippen molar-refractivity contribution in [2.75, 3.05) is 24.7 Å². The van der Waals surface area contributed by atoms with Gasteiger partial charge in [-0.05, 0) is 20.8 Å². The van der Waals surface area contributed by atoms with Gasteiger partial charge in [-0.1, -0.05) is 0 Å². The maximum atomic E-state index is 12.2. The summed E-state index contributed by atoms with van der Waals surface area (Å²) >= 11 is 1.48. The zero-order valence-electron chi connectivity index (χ0n) is 11.5. The first-order chi connectivity index (χ1) is 8.71. The number of aliphatic carboxylic acids is 1. The lowest BCUT2D eigenvalue weighted by Gasteiger charge is -2.36. The zero-order valence-corrected chi connectivity index (χ0v) is 12.3. The van der Waals surface area contributed by atoms with E-state index in [0.717, 1.165) is 0 Å². The number of amides is 2. The highest BCUT2D eigenvalue weighted by molar-refractivity contribution is 8.00. The van der Waals surface area contributed by atoms with Crippen LogP contribution in [0.3, 0.4) is 0 Å². The Morgan fingerprint density at radius 3 is 2.47 bits per heavy atom. The number of hydrogen-bond donors (Lipinski definition) is 1. The minimum atomic E-state index is -0.935. The molecule has 0 unspecified atom stereocenters. The van der Waals surface area contributed by atoms with Gasteiger partial charge in [-0.15, -0.1) is 11.8 Å². The summed E-state index contributed by atoms with van der Waals surface area (Å²) in [6, 6.07) is 0. The molecule has 19 heavy (non-hydrogen) atoms. The van der Waals surface area contributed by atoms with Gasteiger partial charge in [-0.3, -0.25) is 14.4 Å². The highest BCUT2D eigenvalue weighted by atomic mass is 32.2. The number of rotatable bonds is 5. The van der Waals surface area contributed by atoms with Crippen molar-refractivity contribution < 1.29 is 19.5 Å². The third-order valence-corrected chi connectivity index (χ3v) is 3.76. The molecule has 0 saturated carbocycles. The van der Waals surface area contributed by atoms with Crippen LogP contribution in [0.25, 0.3) is 0 Å². The lowest BCUT2D eigenvalue weighted by Crippen LogP contribution is -2.50. The van der Waals surface area contributed by atoms with Crippen molar-refractivity contribution in [1.82, 2.24) is 9.80 Å². The molecule has 0 atom stereocenters. The van der Waals surface area contributed by atoms with Gasteiger partial charge < -0.3 is 14.9 Å². The Morgan fingerprint density at radius 2 is 2.05 bits per heavy atom. The summed E-state index contributed by atoms with van der Waals surface area (Å²) < 4.78 is 0. The van der Waals surface area contributed by atoms with E-state index in [0.29, 0.717) is 11.6 Å². The van der Waals surface area contributed by atoms with Crippen molar-refractivity contribution in [3.8, 4) is 0 Å². The maximum absolute atomic E-state index is 12.2. The highest BCUT2D eigenvalue weighted by Gasteiger charge is 2.30. The molecule has 0 aliphatic carbocycles. The molecule has 6 nitrogen and oxygen atoms in total. The van der Waals surface area contributed by atoms with E-state index < -0.39 is 11.5 Å². The molecular formula is C12H20N2O4S. The fraction of sp³-hybridized carbons (Fsp3) is 0.750. The second kappa shape index (κ2) is 6.27. The third kappa shape index (κ3) is 4.74. The van der Waals surface area contributed by atoms with Crippen molar-refractivity contribution in [2.24, 2.45) is 0 Å². The van der Waals surface area contributed by atoms with Crippen LogP contribution in [0.5, 0.6) is 0 Å². The summed E-state index contributed by atoms with van der Waals surface area (Å²) in [4.78, 5) is 37.4. The maximum Gasteiger partial charge on any atom is 0.305 e. The largest absolute Gasteiger partial charge is 0.481 e. The Kier molecular flexibility index (Phi) is 5.22. The van der Waals surface area contributed by atoms with Crippen molar-refractivity contribution >= 4 is 29.5 Å². The predicted octanol–water partition coefficient (Wildman–Crippen LogP) is 0.621. The van der Waals surface area contributed by atoms with Gasteiger partial charge in [0.15, 0.2) is 0 Å². The van der Waals surface area contributed by atoms with Crippen LogP contribution in [0.4, 0.5) is 0 Å². The Morgan fingerprint density at radius 1 is 1.42 bits per heavy atom. The number of carboxylic acid groups (broad SMARTS) is 1. The molecular weight excluding hydrogens is 268 g/mol. The van der Waals surface area contributed by atoms with E-state index in [1.54, 1.807) is 0 Å². The van der Waals surface area contributed by atoms with E-state index >= 15 is 0 Å². The molecule has 1 aliphatic rings. The molecule has 1 saturated heterocycles. The molecule has 1 aliphatic heterocycles. The molecule has 108 valence electrons. The number of carbonyl (C=O) groups is 3. The van der Waals surface area contributed by atoms with E-state index in [4.69, 9.17) is 5.11 Å². The summed E-state index contributed by atoms with van der Waals surface area (Å²) in [7, 11) is 0. The molecule has 0 aromatic heterocycles. The second-order valence-corrected chi connectivity index (χ2v) is 6.38. The standard InChI is InChI=1S/C12H20N2O4S/c1-12(2,3)14(5-4-11(17)18)9(15)6-13-8-19-7-10(13)16/h4-8H2,1-3H3,(H,17,18). The van der Waals surface area contributed by atoms with Crippen LogP contribution < -0.4 is 0 Å². The average Bonchev–Trinajstić information content (AvgIpc) is 2.62. The van der Waals surface area contributed by atoms with Crippen LogP contribution >= 0.6 is 11.8 Å². The molecule has 1 fully saturated rings. The number of thioether (sulfide) groups is 1. The van der Waals surface area contributed by atoms with Gasteiger partial charge >= 0.3 is 5.97 Å². The first-order valence-corrected chi connectivity index (χ1v) is 7.25. The molecule has 2 amide bonds. The third-order valence-electron chi connectivity index (χ3n) is 2.81. The summed E-state index contributed by atoms with van der Waals surface area (Å²) in [5, 5.41) is 8.73. The van der Waals surface area contributed by atoms with Gasteiger partial charge in [0.2, 0.25) is 11.8 Å². The van der Waals surface area contributed by atoms with Crippen LogP contribution in [0.2, 0.25) is 0 Å². The summed E-state index contributed by atoms with van der Waals surface area (Å²) in [5.74, 6) is -0.232. The van der Waals surface area contributed by atoms with Gasteiger partial charge in [0.05, 0.1) is 18.1 Å². The smallest absolute Gasteiger partial charge is 0.305 e. The van der Waals surface area contributed by atoms with Gasteiger partial charge in [-0.25, -0.2) is 0 Å². The fourth-order valence-electron chi connectivity index (χ4n) is 1.83. The summed E-state index contributed by atoms with van der Waals surface area (Å²) in [5.41, 5.74) is -0.456. The fourth-order valence-corrected chi connectivity index (χ4v) is 2.73. The van der Waals surface area contributed by atoms with Crippen molar-refractivity contribution in [1.29, 1.82) is 0 Å². The van der Waals surface area contributed by atoms with E-state index in [-0.39, 0.29) is 31.3 Å². The lowest BCUT2D eigenvalue weighted by atomic mass is 10.1. The zero-order chi connectivity index (χ0) is 14.6. The highest BCUT2D eigenvalue weighted by Crippen LogP contribution is 2.18. The van der Waals surface area contributed by atoms with Crippen molar-refractivity contribution in [3.05, 3.63) is 0 Å². The molecule has 0 bridgehead atoms.